The van der Waals surface area contributed by atoms with Gasteiger partial charge in [-0.25, -0.2) is 9.37 Å². The third-order valence-corrected chi connectivity index (χ3v) is 13.4. The molecule has 2 fully saturated rings. The van der Waals surface area contributed by atoms with Crippen molar-refractivity contribution in [3.8, 4) is 0 Å². The lowest BCUT2D eigenvalue weighted by Crippen LogP contribution is -2.38. The Kier molecular flexibility index (Phi) is 16.2. The quantitative estimate of drug-likeness (QED) is 0.0980. The molecular weight excluding hydrogens is 828 g/mol. The third kappa shape index (κ3) is 12.6. The molecule has 2 N–H and O–H groups in total. The van der Waals surface area contributed by atoms with Crippen LogP contribution in [0.3, 0.4) is 0 Å². The molecule has 6 aromatic rings. The number of nitrogens with zero attached hydrogens (tertiary/aromatic N) is 6. The number of fused-ring (bicyclic) bond motifs is 2. The van der Waals surface area contributed by atoms with Gasteiger partial charge in [0, 0.05) is 87.7 Å². The predicted octanol–water partition coefficient (Wildman–Crippen LogP) is 9.19. The van der Waals surface area contributed by atoms with Crippen LogP contribution in [0.25, 0.3) is 15.7 Å². The lowest BCUT2D eigenvalue weighted by atomic mass is 9.91. The summed E-state index contributed by atoms with van der Waals surface area (Å²) in [6.07, 6.45) is 20.9. The van der Waals surface area contributed by atoms with E-state index < -0.39 is 0 Å². The van der Waals surface area contributed by atoms with Gasteiger partial charge in [0.05, 0.1) is 20.7 Å². The van der Waals surface area contributed by atoms with Gasteiger partial charge in [0.1, 0.15) is 11.5 Å². The fourth-order valence-corrected chi connectivity index (χ4v) is 9.42. The average Bonchev–Trinajstić information content (AvgIpc) is 3.99. The zero-order valence-corrected chi connectivity index (χ0v) is 37.7. The number of piperidine rings is 2. The molecule has 5 aromatic heterocycles. The maximum Gasteiger partial charge on any atom is 0.261 e. The minimum Gasteiger partial charge on any atom is -0.352 e. The molecule has 8 rings (SSSR count). The second-order valence-corrected chi connectivity index (χ2v) is 18.3. The number of carbonyl (C=O) groups is 4. The number of pyridine rings is 3. The Morgan fingerprint density at radius 2 is 1.38 bits per heavy atom. The van der Waals surface area contributed by atoms with Gasteiger partial charge in [0.25, 0.3) is 23.6 Å². The van der Waals surface area contributed by atoms with Crippen molar-refractivity contribution in [1.82, 2.24) is 39.8 Å². The Bertz CT molecular complexity index is 2460. The summed E-state index contributed by atoms with van der Waals surface area (Å²) in [6.45, 7) is 8.61. The Balaban J connectivity index is 0.000000192. The Morgan fingerprint density at radius 3 is 2.00 bits per heavy atom. The molecule has 14 heteroatoms. The van der Waals surface area contributed by atoms with Crippen LogP contribution >= 0.6 is 11.3 Å². The summed E-state index contributed by atoms with van der Waals surface area (Å²) in [5.41, 5.74) is 3.59. The Hall–Kier alpha value is -6.02. The van der Waals surface area contributed by atoms with Gasteiger partial charge in [-0.05, 0) is 116 Å². The zero-order valence-electron chi connectivity index (χ0n) is 36.9. The van der Waals surface area contributed by atoms with Crippen LogP contribution in [0.15, 0.2) is 97.8 Å². The van der Waals surface area contributed by atoms with Crippen LogP contribution in [-0.4, -0.2) is 92.0 Å². The molecule has 336 valence electrons. The van der Waals surface area contributed by atoms with Crippen molar-refractivity contribution in [2.45, 2.75) is 84.0 Å². The van der Waals surface area contributed by atoms with Crippen molar-refractivity contribution in [1.29, 1.82) is 0 Å². The number of hydrogen-bond acceptors (Lipinski definition) is 8. The van der Waals surface area contributed by atoms with Crippen LogP contribution in [0.4, 0.5) is 4.39 Å². The van der Waals surface area contributed by atoms with Crippen LogP contribution in [0.2, 0.25) is 0 Å². The minimum absolute atomic E-state index is 0.0228. The zero-order chi connectivity index (χ0) is 44.8. The van der Waals surface area contributed by atoms with Crippen LogP contribution in [-0.2, 0) is 0 Å². The van der Waals surface area contributed by atoms with Crippen LogP contribution < -0.4 is 10.6 Å². The number of likely N-dealkylation sites (tertiary alicyclic amines) is 2. The SMILES string of the molecule is CC(C)c1ccc(C(=O)N2CCC(CCCCNC(=O)c3ccc4nccn4c3)CC2)cn1.O=C(NCCCCC1CCN(C(=O)c2cccc(F)c2)CC1)c1cc2ccncc2s1. The maximum atomic E-state index is 13.4. The van der Waals surface area contributed by atoms with Gasteiger partial charge in [-0.3, -0.25) is 29.1 Å². The highest BCUT2D eigenvalue weighted by Gasteiger charge is 2.25. The highest BCUT2D eigenvalue weighted by molar-refractivity contribution is 7.20. The number of halogens is 1. The Morgan fingerprint density at radius 1 is 0.719 bits per heavy atom. The van der Waals surface area contributed by atoms with Crippen LogP contribution in [0, 0.1) is 17.7 Å². The van der Waals surface area contributed by atoms with E-state index in [1.54, 1.807) is 36.9 Å². The van der Waals surface area contributed by atoms with Crippen molar-refractivity contribution >= 4 is 50.7 Å². The van der Waals surface area contributed by atoms with Gasteiger partial charge < -0.3 is 24.8 Å². The van der Waals surface area contributed by atoms with E-state index in [0.717, 1.165) is 117 Å². The second-order valence-electron chi connectivity index (χ2n) is 17.2. The van der Waals surface area contributed by atoms with Crippen molar-refractivity contribution in [2.75, 3.05) is 39.3 Å². The van der Waals surface area contributed by atoms with E-state index in [1.807, 2.05) is 63.0 Å². The Labute approximate surface area is 378 Å². The molecule has 2 aliphatic heterocycles. The maximum absolute atomic E-state index is 13.4. The number of hydrogen-bond donors (Lipinski definition) is 2. The van der Waals surface area contributed by atoms with Crippen molar-refractivity contribution in [3.63, 3.8) is 0 Å². The summed E-state index contributed by atoms with van der Waals surface area (Å²) in [7, 11) is 0. The molecule has 0 bridgehead atoms. The summed E-state index contributed by atoms with van der Waals surface area (Å²) in [5, 5.41) is 7.07. The molecule has 0 spiro atoms. The first-order valence-electron chi connectivity index (χ1n) is 22.7. The molecule has 12 nitrogen and oxygen atoms in total. The fourth-order valence-electron chi connectivity index (χ4n) is 8.47. The van der Waals surface area contributed by atoms with Gasteiger partial charge >= 0.3 is 0 Å². The monoisotopic (exact) mass is 886 g/mol. The smallest absolute Gasteiger partial charge is 0.261 e. The molecule has 2 aliphatic rings. The van der Waals surface area contributed by atoms with Crippen LogP contribution in [0.5, 0.6) is 0 Å². The number of imidazole rings is 1. The number of carbonyl (C=O) groups excluding carboxylic acids is 4. The summed E-state index contributed by atoms with van der Waals surface area (Å²) < 4.78 is 16.2. The van der Waals surface area contributed by atoms with Crippen molar-refractivity contribution in [2.24, 2.45) is 11.8 Å². The molecular formula is C50H59FN8O4S. The largest absolute Gasteiger partial charge is 0.352 e. The van der Waals surface area contributed by atoms with Gasteiger partial charge in [0.2, 0.25) is 0 Å². The van der Waals surface area contributed by atoms with Crippen molar-refractivity contribution in [3.05, 3.63) is 131 Å². The molecule has 0 unspecified atom stereocenters. The lowest BCUT2D eigenvalue weighted by molar-refractivity contribution is 0.0677. The number of amides is 4. The molecule has 0 aliphatic carbocycles. The number of unbranched alkanes of at least 4 members (excludes halogenated alkanes) is 2. The molecule has 0 radical (unpaired) electrons. The van der Waals surface area contributed by atoms with E-state index >= 15 is 0 Å². The number of thiophene rings is 1. The van der Waals surface area contributed by atoms with Gasteiger partial charge in [-0.2, -0.15) is 0 Å². The first-order valence-corrected chi connectivity index (χ1v) is 23.6. The molecule has 4 amide bonds. The first kappa shape index (κ1) is 46.0. The number of rotatable bonds is 15. The van der Waals surface area contributed by atoms with E-state index in [0.29, 0.717) is 47.5 Å². The van der Waals surface area contributed by atoms with Gasteiger partial charge in [-0.1, -0.05) is 45.6 Å². The van der Waals surface area contributed by atoms with E-state index in [1.165, 1.54) is 23.5 Å². The topological polar surface area (TPSA) is 142 Å². The second kappa shape index (κ2) is 22.6. The summed E-state index contributed by atoms with van der Waals surface area (Å²) in [4.78, 5) is 67.2. The molecule has 7 heterocycles. The molecule has 0 atom stereocenters. The van der Waals surface area contributed by atoms with Gasteiger partial charge in [0.15, 0.2) is 0 Å². The molecule has 64 heavy (non-hydrogen) atoms. The fraction of sp³-hybridized carbons (Fsp3) is 0.420. The minimum atomic E-state index is -0.378. The van der Waals surface area contributed by atoms with E-state index in [9.17, 15) is 23.6 Å². The standard InChI is InChI=1S/C26H33N5O2.C24H26FN3O2S/c1-19(2)23-8-6-21(17-29-23)26(33)30-14-10-20(11-15-30)5-3-4-12-28-25(32)22-7-9-24-27-13-16-31(24)18-22;25-20-6-3-5-19(14-20)24(30)28-12-8-17(9-13-28)4-1-2-10-27-23(29)21-15-18-7-11-26-16-22(18)31-21/h6-9,13,16-20H,3-5,10-12,14-15H2,1-2H3,(H,28,32);3,5-7,11,14-17H,1-2,4,8-10,12-13H2,(H,27,29). The summed E-state index contributed by atoms with van der Waals surface area (Å²) in [6, 6.07) is 17.2. The predicted molar refractivity (Wildman–Crippen MR) is 249 cm³/mol. The lowest BCUT2D eigenvalue weighted by Gasteiger charge is -2.32. The van der Waals surface area contributed by atoms with Crippen molar-refractivity contribution < 1.29 is 23.6 Å². The number of benzene rings is 1. The highest BCUT2D eigenvalue weighted by atomic mass is 32.1. The van der Waals surface area contributed by atoms with E-state index in [-0.39, 0.29) is 29.4 Å². The normalized spacial score (nSPS) is 14.7. The first-order chi connectivity index (χ1) is 31.1. The number of nitrogens with one attached hydrogen (secondary N) is 2. The van der Waals surface area contributed by atoms with E-state index in [4.69, 9.17) is 0 Å². The number of aromatic nitrogens is 4. The van der Waals surface area contributed by atoms with Gasteiger partial charge in [-0.15, -0.1) is 11.3 Å². The van der Waals surface area contributed by atoms with E-state index in [2.05, 4.69) is 39.4 Å². The third-order valence-electron chi connectivity index (χ3n) is 12.3. The summed E-state index contributed by atoms with van der Waals surface area (Å²) >= 11 is 1.47. The molecule has 1 aromatic carbocycles. The summed E-state index contributed by atoms with van der Waals surface area (Å²) in [5.74, 6) is 1.17. The van der Waals surface area contributed by atoms with Crippen LogP contribution in [0.1, 0.15) is 130 Å². The average molecular weight is 887 g/mol. The highest BCUT2D eigenvalue weighted by Crippen LogP contribution is 2.27. The molecule has 2 saturated heterocycles. The molecule has 0 saturated carbocycles.